The number of carbonyl (C=O) groups is 1. The van der Waals surface area contributed by atoms with Crippen molar-refractivity contribution in [2.45, 2.75) is 94.5 Å². The van der Waals surface area contributed by atoms with E-state index in [1.165, 1.54) is 18.7 Å². The van der Waals surface area contributed by atoms with E-state index in [0.29, 0.717) is 11.8 Å². The number of nitrogens with one attached hydrogen (secondary N) is 2. The van der Waals surface area contributed by atoms with E-state index in [1.807, 2.05) is 0 Å². The molecule has 6 N–H and O–H groups in total. The molecule has 0 radical (unpaired) electrons. The molecule has 0 aromatic carbocycles. The van der Waals surface area contributed by atoms with E-state index in [9.17, 15) is 25.2 Å². The third-order valence-electron chi connectivity index (χ3n) is 6.28. The van der Waals surface area contributed by atoms with Crippen molar-refractivity contribution in [3.8, 4) is 0 Å². The summed E-state index contributed by atoms with van der Waals surface area (Å²) in [6.07, 6.45) is -0.445. The Labute approximate surface area is 177 Å². The highest BCUT2D eigenvalue weighted by molar-refractivity contribution is 7.99. The molecule has 2 aliphatic heterocycles. The van der Waals surface area contributed by atoms with Crippen LogP contribution in [0.25, 0.3) is 0 Å². The molecule has 0 aliphatic carbocycles. The molecule has 2 fully saturated rings. The molecule has 0 aromatic rings. The SMILES string of the molecule is CC[C@H](C)CC1CCNC(C(=O)N[C@@H]([C@H]2O[C@H](SC)[C@H](O)[C@@H](O)[C@H]2O)[C@@H](C)O)C1. The van der Waals surface area contributed by atoms with Crippen molar-refractivity contribution in [3.63, 3.8) is 0 Å². The molecule has 2 rings (SSSR count). The zero-order valence-electron chi connectivity index (χ0n) is 17.8. The second kappa shape index (κ2) is 11.3. The fraction of sp³-hybridized carbons (Fsp3) is 0.950. The minimum absolute atomic E-state index is 0.248. The predicted octanol–water partition coefficient (Wildman–Crippen LogP) is -0.173. The second-order valence-corrected chi connectivity index (χ2v) is 9.53. The maximum atomic E-state index is 12.9. The smallest absolute Gasteiger partial charge is 0.237 e. The molecule has 8 nitrogen and oxygen atoms in total. The van der Waals surface area contributed by atoms with Crippen molar-refractivity contribution >= 4 is 17.7 Å². The van der Waals surface area contributed by atoms with Crippen molar-refractivity contribution in [2.75, 3.05) is 12.8 Å². The molecule has 170 valence electrons. The summed E-state index contributed by atoms with van der Waals surface area (Å²) in [5.74, 6) is 0.845. The Morgan fingerprint density at radius 1 is 1.24 bits per heavy atom. The Bertz CT molecular complexity index is 523. The maximum Gasteiger partial charge on any atom is 0.237 e. The lowest BCUT2D eigenvalue weighted by atomic mass is 9.84. The van der Waals surface area contributed by atoms with Crippen LogP contribution in [0, 0.1) is 11.8 Å². The largest absolute Gasteiger partial charge is 0.391 e. The Kier molecular flexibility index (Phi) is 9.66. The Hall–Kier alpha value is -0.420. The van der Waals surface area contributed by atoms with Crippen LogP contribution >= 0.6 is 11.8 Å². The molecule has 2 heterocycles. The van der Waals surface area contributed by atoms with Crippen LogP contribution in [-0.2, 0) is 9.53 Å². The van der Waals surface area contributed by atoms with Crippen molar-refractivity contribution in [1.29, 1.82) is 0 Å². The third kappa shape index (κ3) is 6.29. The second-order valence-electron chi connectivity index (χ2n) is 8.60. The standard InChI is InChI=1S/C20H38N2O6S/c1-5-10(2)8-12-6-7-21-13(9-12)19(27)22-14(11(3)23)18-16(25)15(24)17(26)20(28-18)29-4/h10-18,20-21,23-26H,5-9H2,1-4H3,(H,22,27)/t10-,11+,12?,13?,14+,15-,16+,17+,18+,20+/m0/s1. The molecular weight excluding hydrogens is 396 g/mol. The van der Waals surface area contributed by atoms with Gasteiger partial charge in [0.25, 0.3) is 0 Å². The lowest BCUT2D eigenvalue weighted by Crippen LogP contribution is -2.66. The summed E-state index contributed by atoms with van der Waals surface area (Å²) in [6.45, 7) is 6.67. The Morgan fingerprint density at radius 2 is 1.93 bits per heavy atom. The average molecular weight is 435 g/mol. The minimum Gasteiger partial charge on any atom is -0.391 e. The molecule has 2 unspecified atom stereocenters. The van der Waals surface area contributed by atoms with Gasteiger partial charge in [-0.1, -0.05) is 20.3 Å². The lowest BCUT2D eigenvalue weighted by Gasteiger charge is -2.44. The van der Waals surface area contributed by atoms with Gasteiger partial charge in [0.05, 0.1) is 18.2 Å². The number of carbonyl (C=O) groups excluding carboxylic acids is 1. The van der Waals surface area contributed by atoms with Crippen molar-refractivity contribution in [2.24, 2.45) is 11.8 Å². The summed E-state index contributed by atoms with van der Waals surface area (Å²) < 4.78 is 5.74. The van der Waals surface area contributed by atoms with Crippen LogP contribution in [0.3, 0.4) is 0 Å². The van der Waals surface area contributed by atoms with E-state index in [1.54, 1.807) is 6.26 Å². The molecule has 29 heavy (non-hydrogen) atoms. The summed E-state index contributed by atoms with van der Waals surface area (Å²) in [6, 6.07) is -1.28. The van der Waals surface area contributed by atoms with Gasteiger partial charge in [-0.05, 0) is 50.8 Å². The number of thioether (sulfide) groups is 1. The van der Waals surface area contributed by atoms with Crippen LogP contribution in [0.15, 0.2) is 0 Å². The lowest BCUT2D eigenvalue weighted by molar-refractivity contribution is -0.211. The quantitative estimate of drug-likeness (QED) is 0.310. The molecule has 2 saturated heterocycles. The fourth-order valence-electron chi connectivity index (χ4n) is 4.25. The molecule has 0 spiro atoms. The number of aliphatic hydroxyl groups is 4. The Balaban J connectivity index is 2.05. The van der Waals surface area contributed by atoms with Crippen LogP contribution in [0.4, 0.5) is 0 Å². The minimum atomic E-state index is -1.43. The topological polar surface area (TPSA) is 131 Å². The molecular formula is C20H38N2O6S. The first kappa shape index (κ1) is 24.8. The van der Waals surface area contributed by atoms with E-state index in [4.69, 9.17) is 4.74 Å². The summed E-state index contributed by atoms with van der Waals surface area (Å²) in [5, 5.41) is 46.9. The average Bonchev–Trinajstić information content (AvgIpc) is 2.70. The van der Waals surface area contributed by atoms with Gasteiger partial charge in [0.1, 0.15) is 29.9 Å². The number of aliphatic hydroxyl groups excluding tert-OH is 4. The van der Waals surface area contributed by atoms with Crippen LogP contribution in [0.1, 0.15) is 46.5 Å². The van der Waals surface area contributed by atoms with E-state index in [2.05, 4.69) is 24.5 Å². The van der Waals surface area contributed by atoms with Gasteiger partial charge in [0.15, 0.2) is 0 Å². The summed E-state index contributed by atoms with van der Waals surface area (Å²) in [7, 11) is 0. The van der Waals surface area contributed by atoms with Crippen LogP contribution in [-0.4, -0.2) is 87.2 Å². The van der Waals surface area contributed by atoms with Crippen LogP contribution in [0.2, 0.25) is 0 Å². The van der Waals surface area contributed by atoms with Gasteiger partial charge in [-0.3, -0.25) is 4.79 Å². The molecule has 0 aromatic heterocycles. The first-order valence-corrected chi connectivity index (χ1v) is 11.9. The zero-order chi connectivity index (χ0) is 21.7. The summed E-state index contributed by atoms with van der Waals surface area (Å²) in [4.78, 5) is 12.9. The van der Waals surface area contributed by atoms with Crippen LogP contribution < -0.4 is 10.6 Å². The summed E-state index contributed by atoms with van der Waals surface area (Å²) in [5.41, 5.74) is -0.760. The zero-order valence-corrected chi connectivity index (χ0v) is 18.6. The molecule has 0 saturated carbocycles. The highest BCUT2D eigenvalue weighted by Gasteiger charge is 2.48. The fourth-order valence-corrected chi connectivity index (χ4v) is 4.93. The van der Waals surface area contributed by atoms with E-state index >= 15 is 0 Å². The molecule has 1 amide bonds. The molecule has 2 aliphatic rings. The molecule has 9 heteroatoms. The number of rotatable bonds is 8. The summed E-state index contributed by atoms with van der Waals surface area (Å²) >= 11 is 1.20. The Morgan fingerprint density at radius 3 is 2.52 bits per heavy atom. The highest BCUT2D eigenvalue weighted by atomic mass is 32.2. The van der Waals surface area contributed by atoms with Gasteiger partial charge in [0, 0.05) is 0 Å². The van der Waals surface area contributed by atoms with Gasteiger partial charge < -0.3 is 35.8 Å². The van der Waals surface area contributed by atoms with E-state index in [0.717, 1.165) is 32.2 Å². The number of piperidine rings is 1. The van der Waals surface area contributed by atoms with Crippen molar-refractivity contribution in [3.05, 3.63) is 0 Å². The highest BCUT2D eigenvalue weighted by Crippen LogP contribution is 2.30. The normalized spacial score (nSPS) is 38.8. The van der Waals surface area contributed by atoms with Gasteiger partial charge in [0.2, 0.25) is 5.91 Å². The van der Waals surface area contributed by atoms with Gasteiger partial charge in [-0.25, -0.2) is 0 Å². The number of ether oxygens (including phenoxy) is 1. The number of hydrogen-bond donors (Lipinski definition) is 6. The predicted molar refractivity (Wildman–Crippen MR) is 112 cm³/mol. The number of hydrogen-bond acceptors (Lipinski definition) is 8. The first-order valence-electron chi connectivity index (χ1n) is 10.6. The maximum absolute atomic E-state index is 12.9. The van der Waals surface area contributed by atoms with E-state index < -0.39 is 42.0 Å². The first-order chi connectivity index (χ1) is 13.7. The van der Waals surface area contributed by atoms with Gasteiger partial charge >= 0.3 is 0 Å². The monoisotopic (exact) mass is 434 g/mol. The van der Waals surface area contributed by atoms with Crippen LogP contribution in [0.5, 0.6) is 0 Å². The third-order valence-corrected chi connectivity index (χ3v) is 7.14. The van der Waals surface area contributed by atoms with Gasteiger partial charge in [-0.2, -0.15) is 0 Å². The van der Waals surface area contributed by atoms with Crippen molar-refractivity contribution < 1.29 is 30.0 Å². The number of amides is 1. The van der Waals surface area contributed by atoms with E-state index in [-0.39, 0.29) is 11.9 Å². The molecule has 0 bridgehead atoms. The molecule has 10 atom stereocenters. The van der Waals surface area contributed by atoms with Crippen molar-refractivity contribution in [1.82, 2.24) is 10.6 Å². The van der Waals surface area contributed by atoms with Gasteiger partial charge in [-0.15, -0.1) is 11.8 Å².